The number of nitrogens with one attached hydrogen (secondary N) is 1. The van der Waals surface area contributed by atoms with E-state index in [1.807, 2.05) is 20.8 Å². The minimum Gasteiger partial charge on any atom is -0.452 e. The molecule has 2 rings (SSSR count). The molecular formula is C17H20Cl3NO4. The van der Waals surface area contributed by atoms with Crippen LogP contribution in [0.5, 0.6) is 0 Å². The van der Waals surface area contributed by atoms with E-state index in [9.17, 15) is 4.79 Å². The number of hydrogen-bond acceptors (Lipinski definition) is 5. The average molecular weight is 409 g/mol. The molecule has 0 radical (unpaired) electrons. The summed E-state index contributed by atoms with van der Waals surface area (Å²) in [4.78, 5) is 12.4. The van der Waals surface area contributed by atoms with Crippen LogP contribution in [0.15, 0.2) is 30.3 Å². The molecule has 25 heavy (non-hydrogen) atoms. The fourth-order valence-electron chi connectivity index (χ4n) is 2.59. The van der Waals surface area contributed by atoms with Gasteiger partial charge in [0.15, 0.2) is 6.10 Å². The number of rotatable bonds is 3. The molecule has 0 bridgehead atoms. The third-order valence-corrected chi connectivity index (χ3v) is 4.96. The lowest BCUT2D eigenvalue weighted by molar-refractivity contribution is -0.238. The summed E-state index contributed by atoms with van der Waals surface area (Å²) in [5.74, 6) is -1.06. The van der Waals surface area contributed by atoms with E-state index in [0.717, 1.165) is 0 Å². The molecule has 0 spiro atoms. The summed E-state index contributed by atoms with van der Waals surface area (Å²) in [5.41, 5.74) is 0.413. The van der Waals surface area contributed by atoms with Gasteiger partial charge in [-0.25, -0.2) is 4.79 Å². The minimum absolute atomic E-state index is 0.0791. The lowest BCUT2D eigenvalue weighted by Crippen LogP contribution is -2.52. The standard InChI is InChI=1S/C17H20Cl3NO4/c1-9-10(2)13(24-14(22)12-7-5-4-6-8-12)15(23-11(9)3)25-16(21)17(18,19)20/h4-11,13,15,21H,1-3H3/t9-,10+,11-,13-,15?/m0/s1. The summed E-state index contributed by atoms with van der Waals surface area (Å²) in [5, 5.41) is 7.76. The largest absolute Gasteiger partial charge is 0.452 e. The van der Waals surface area contributed by atoms with Crippen LogP contribution in [-0.4, -0.2) is 34.2 Å². The minimum atomic E-state index is -2.02. The quantitative estimate of drug-likeness (QED) is 0.344. The third kappa shape index (κ3) is 5.00. The van der Waals surface area contributed by atoms with E-state index >= 15 is 0 Å². The number of alkyl halides is 3. The zero-order valence-electron chi connectivity index (χ0n) is 14.0. The molecule has 1 heterocycles. The molecule has 8 heteroatoms. The van der Waals surface area contributed by atoms with Crippen LogP contribution in [-0.2, 0) is 14.2 Å². The van der Waals surface area contributed by atoms with Crippen molar-refractivity contribution < 1.29 is 19.0 Å². The number of carbonyl (C=O) groups is 1. The van der Waals surface area contributed by atoms with Crippen LogP contribution >= 0.6 is 34.8 Å². The molecule has 138 valence electrons. The maximum Gasteiger partial charge on any atom is 0.338 e. The Hall–Kier alpha value is -1.01. The summed E-state index contributed by atoms with van der Waals surface area (Å²) >= 11 is 17.0. The maximum absolute atomic E-state index is 12.4. The number of carbonyl (C=O) groups excluding carboxylic acids is 1. The van der Waals surface area contributed by atoms with Gasteiger partial charge in [0, 0.05) is 5.92 Å². The Kier molecular flexibility index (Phi) is 6.60. The van der Waals surface area contributed by atoms with Crippen molar-refractivity contribution >= 4 is 46.7 Å². The van der Waals surface area contributed by atoms with Crippen molar-refractivity contribution in [3.05, 3.63) is 35.9 Å². The number of benzene rings is 1. The van der Waals surface area contributed by atoms with Gasteiger partial charge in [0.25, 0.3) is 3.79 Å². The number of hydrogen-bond donors (Lipinski definition) is 1. The van der Waals surface area contributed by atoms with Gasteiger partial charge in [-0.1, -0.05) is 66.8 Å². The lowest BCUT2D eigenvalue weighted by atomic mass is 9.84. The van der Waals surface area contributed by atoms with Crippen LogP contribution in [0.1, 0.15) is 31.1 Å². The Bertz CT molecular complexity index is 620. The predicted octanol–water partition coefficient (Wildman–Crippen LogP) is 4.59. The molecule has 5 atom stereocenters. The highest BCUT2D eigenvalue weighted by Gasteiger charge is 2.45. The summed E-state index contributed by atoms with van der Waals surface area (Å²) in [6.07, 6.45) is -1.95. The topological polar surface area (TPSA) is 68.6 Å². The van der Waals surface area contributed by atoms with E-state index in [4.69, 9.17) is 54.4 Å². The monoisotopic (exact) mass is 407 g/mol. The first-order valence-electron chi connectivity index (χ1n) is 7.85. The average Bonchev–Trinajstić information content (AvgIpc) is 2.56. The fourth-order valence-corrected chi connectivity index (χ4v) is 2.73. The van der Waals surface area contributed by atoms with E-state index in [-0.39, 0.29) is 17.9 Å². The first-order valence-corrected chi connectivity index (χ1v) is 8.98. The summed E-state index contributed by atoms with van der Waals surface area (Å²) in [7, 11) is 0. The predicted molar refractivity (Wildman–Crippen MR) is 97.4 cm³/mol. The fraction of sp³-hybridized carbons (Fsp3) is 0.529. The van der Waals surface area contributed by atoms with Crippen LogP contribution < -0.4 is 0 Å². The van der Waals surface area contributed by atoms with Crippen molar-refractivity contribution in [2.75, 3.05) is 0 Å². The summed E-state index contributed by atoms with van der Waals surface area (Å²) < 4.78 is 14.7. The third-order valence-electron chi connectivity index (χ3n) is 4.45. The van der Waals surface area contributed by atoms with Gasteiger partial charge >= 0.3 is 5.97 Å². The summed E-state index contributed by atoms with van der Waals surface area (Å²) in [6.45, 7) is 5.81. The zero-order chi connectivity index (χ0) is 18.8. The molecule has 1 fully saturated rings. The number of ether oxygens (including phenoxy) is 3. The van der Waals surface area contributed by atoms with E-state index in [2.05, 4.69) is 0 Å². The van der Waals surface area contributed by atoms with Crippen LogP contribution in [0.2, 0.25) is 0 Å². The first kappa shape index (κ1) is 20.3. The SMILES string of the molecule is C[C@@H]1[C@H](C)[C@H](C)OC(OC(=N)C(Cl)(Cl)Cl)[C@H]1OC(=O)c1ccccc1. The van der Waals surface area contributed by atoms with E-state index < -0.39 is 28.1 Å². The van der Waals surface area contributed by atoms with Gasteiger partial charge in [-0.05, 0) is 25.0 Å². The smallest absolute Gasteiger partial charge is 0.338 e. The van der Waals surface area contributed by atoms with E-state index in [1.54, 1.807) is 30.3 Å². The molecule has 1 unspecified atom stereocenters. The second-order valence-corrected chi connectivity index (χ2v) is 8.39. The molecule has 0 saturated carbocycles. The maximum atomic E-state index is 12.4. The highest BCUT2D eigenvalue weighted by Crippen LogP contribution is 2.36. The number of halogens is 3. The molecule has 0 aliphatic carbocycles. The Morgan fingerprint density at radius 2 is 1.68 bits per heavy atom. The van der Waals surface area contributed by atoms with Crippen molar-refractivity contribution in [2.24, 2.45) is 11.8 Å². The highest BCUT2D eigenvalue weighted by atomic mass is 35.6. The van der Waals surface area contributed by atoms with Gasteiger partial charge in [-0.2, -0.15) is 0 Å². The van der Waals surface area contributed by atoms with Gasteiger partial charge in [0.1, 0.15) is 0 Å². The van der Waals surface area contributed by atoms with Crippen molar-refractivity contribution in [1.82, 2.24) is 0 Å². The van der Waals surface area contributed by atoms with Crippen molar-refractivity contribution in [3.63, 3.8) is 0 Å². The molecule has 1 aromatic rings. The molecule has 0 aromatic heterocycles. The second-order valence-electron chi connectivity index (χ2n) is 6.11. The Labute approximate surface area is 162 Å². The molecule has 1 aliphatic rings. The van der Waals surface area contributed by atoms with Crippen LogP contribution in [0.3, 0.4) is 0 Å². The van der Waals surface area contributed by atoms with E-state index in [0.29, 0.717) is 5.56 Å². The van der Waals surface area contributed by atoms with Crippen LogP contribution in [0.25, 0.3) is 0 Å². The Morgan fingerprint density at radius 3 is 2.24 bits per heavy atom. The van der Waals surface area contributed by atoms with Gasteiger partial charge in [0.2, 0.25) is 12.2 Å². The Balaban J connectivity index is 2.19. The molecule has 1 N–H and O–H groups in total. The molecule has 1 aliphatic heterocycles. The van der Waals surface area contributed by atoms with Gasteiger partial charge in [0.05, 0.1) is 11.7 Å². The molecule has 0 amide bonds. The molecular weight excluding hydrogens is 389 g/mol. The van der Waals surface area contributed by atoms with Crippen LogP contribution in [0, 0.1) is 17.2 Å². The highest BCUT2D eigenvalue weighted by molar-refractivity contribution is 6.76. The summed E-state index contributed by atoms with van der Waals surface area (Å²) in [6, 6.07) is 8.61. The number of esters is 1. The van der Waals surface area contributed by atoms with Gasteiger partial charge in [-0.3, -0.25) is 5.41 Å². The van der Waals surface area contributed by atoms with Gasteiger partial charge in [-0.15, -0.1) is 0 Å². The van der Waals surface area contributed by atoms with Gasteiger partial charge < -0.3 is 14.2 Å². The van der Waals surface area contributed by atoms with E-state index in [1.165, 1.54) is 0 Å². The van der Waals surface area contributed by atoms with Crippen LogP contribution in [0.4, 0.5) is 0 Å². The molecule has 1 saturated heterocycles. The van der Waals surface area contributed by atoms with Crippen molar-refractivity contribution in [1.29, 1.82) is 5.41 Å². The zero-order valence-corrected chi connectivity index (χ0v) is 16.3. The van der Waals surface area contributed by atoms with Crippen molar-refractivity contribution in [3.8, 4) is 0 Å². The van der Waals surface area contributed by atoms with Crippen molar-refractivity contribution in [2.45, 2.75) is 43.1 Å². The second kappa shape index (κ2) is 8.12. The lowest BCUT2D eigenvalue weighted by Gasteiger charge is -2.42. The first-order chi connectivity index (χ1) is 11.6. The normalized spacial score (nSPS) is 29.8. The Morgan fingerprint density at radius 1 is 1.08 bits per heavy atom. The molecule has 5 nitrogen and oxygen atoms in total. The molecule has 1 aromatic carbocycles.